The molecule has 0 saturated heterocycles. The van der Waals surface area contributed by atoms with Crippen LogP contribution in [0.5, 0.6) is 0 Å². The molecule has 0 bridgehead atoms. The normalized spacial score (nSPS) is 16.3. The van der Waals surface area contributed by atoms with Crippen molar-refractivity contribution < 1.29 is 0 Å². The zero-order chi connectivity index (χ0) is 18.1. The summed E-state index contributed by atoms with van der Waals surface area (Å²) in [5.74, 6) is 2.52. The van der Waals surface area contributed by atoms with Gasteiger partial charge in [0.2, 0.25) is 0 Å². The summed E-state index contributed by atoms with van der Waals surface area (Å²) in [5, 5.41) is 16.0. The van der Waals surface area contributed by atoms with E-state index in [0.29, 0.717) is 5.92 Å². The number of nitrogens with one attached hydrogen (secondary N) is 2. The van der Waals surface area contributed by atoms with Gasteiger partial charge < -0.3 is 10.6 Å². The van der Waals surface area contributed by atoms with Crippen molar-refractivity contribution in [2.75, 3.05) is 18.4 Å². The van der Waals surface area contributed by atoms with Crippen molar-refractivity contribution in [2.24, 2.45) is 5.92 Å². The second-order valence-corrected chi connectivity index (χ2v) is 7.09. The average molecular weight is 351 g/mol. The van der Waals surface area contributed by atoms with Crippen LogP contribution in [0, 0.1) is 26.7 Å². The fourth-order valence-corrected chi connectivity index (χ4v) is 3.45. The highest BCUT2D eigenvalue weighted by molar-refractivity contribution is 5.38. The Morgan fingerprint density at radius 1 is 1.15 bits per heavy atom. The van der Waals surface area contributed by atoms with Gasteiger partial charge in [-0.05, 0) is 38.5 Å². The predicted molar refractivity (Wildman–Crippen MR) is 101 cm³/mol. The number of aromatic nitrogens is 5. The van der Waals surface area contributed by atoms with E-state index in [2.05, 4.69) is 48.7 Å². The first-order valence-corrected chi connectivity index (χ1v) is 9.06. The average Bonchev–Trinajstić information content (AvgIpc) is 3.15. The molecule has 1 aliphatic heterocycles. The van der Waals surface area contributed by atoms with Gasteiger partial charge in [-0.3, -0.25) is 0 Å². The quantitative estimate of drug-likeness (QED) is 0.737. The van der Waals surface area contributed by atoms with Crippen LogP contribution in [0.1, 0.15) is 22.6 Å². The van der Waals surface area contributed by atoms with Crippen molar-refractivity contribution in [3.63, 3.8) is 0 Å². The third-order valence-electron chi connectivity index (χ3n) is 4.70. The molecule has 0 spiro atoms. The van der Waals surface area contributed by atoms with E-state index in [0.717, 1.165) is 54.9 Å². The summed E-state index contributed by atoms with van der Waals surface area (Å²) in [6, 6.07) is 8.29. The fourth-order valence-electron chi connectivity index (χ4n) is 3.45. The molecule has 3 aromatic heterocycles. The summed E-state index contributed by atoms with van der Waals surface area (Å²) in [6.45, 7) is 9.77. The van der Waals surface area contributed by atoms with Crippen LogP contribution < -0.4 is 10.6 Å². The second kappa shape index (κ2) is 6.92. The number of fused-ring (bicyclic) bond motifs is 1. The van der Waals surface area contributed by atoms with E-state index in [4.69, 9.17) is 0 Å². The number of hydrogen-bond acceptors (Lipinski definition) is 5. The van der Waals surface area contributed by atoms with Crippen LogP contribution in [-0.4, -0.2) is 37.6 Å². The molecule has 1 atom stereocenters. The summed E-state index contributed by atoms with van der Waals surface area (Å²) in [6.07, 6.45) is 1.92. The molecule has 0 amide bonds. The maximum Gasteiger partial charge on any atom is 0.153 e. The number of rotatable bonds is 5. The summed E-state index contributed by atoms with van der Waals surface area (Å²) in [5.41, 5.74) is 4.34. The fraction of sp³-hybridized carbons (Fsp3) is 0.421. The Labute approximate surface area is 153 Å². The minimum Gasteiger partial charge on any atom is -0.370 e. The highest BCUT2D eigenvalue weighted by Gasteiger charge is 2.18. The van der Waals surface area contributed by atoms with E-state index >= 15 is 0 Å². The van der Waals surface area contributed by atoms with Crippen molar-refractivity contribution in [2.45, 2.75) is 33.9 Å². The van der Waals surface area contributed by atoms with E-state index in [9.17, 15) is 0 Å². The van der Waals surface area contributed by atoms with Crippen molar-refractivity contribution in [1.29, 1.82) is 0 Å². The van der Waals surface area contributed by atoms with Gasteiger partial charge in [-0.15, -0.1) is 0 Å². The van der Waals surface area contributed by atoms with Crippen LogP contribution in [0.25, 0.3) is 5.82 Å². The molecule has 2 N–H and O–H groups in total. The molecule has 0 aromatic carbocycles. The maximum absolute atomic E-state index is 4.56. The van der Waals surface area contributed by atoms with E-state index in [1.54, 1.807) is 0 Å². The molecule has 4 rings (SSSR count). The number of anilines is 1. The van der Waals surface area contributed by atoms with Gasteiger partial charge in [0.15, 0.2) is 5.82 Å². The van der Waals surface area contributed by atoms with Gasteiger partial charge in [0.05, 0.1) is 11.4 Å². The number of nitrogens with zero attached hydrogens (tertiary/aromatic N) is 5. The van der Waals surface area contributed by atoms with Crippen LogP contribution in [0.15, 0.2) is 30.5 Å². The highest BCUT2D eigenvalue weighted by atomic mass is 15.3. The minimum absolute atomic E-state index is 0.531. The highest BCUT2D eigenvalue weighted by Crippen LogP contribution is 2.18. The number of aryl methyl sites for hydroxylation is 3. The molecule has 136 valence electrons. The molecule has 1 unspecified atom stereocenters. The molecule has 26 heavy (non-hydrogen) atoms. The van der Waals surface area contributed by atoms with Gasteiger partial charge >= 0.3 is 0 Å². The zero-order valence-corrected chi connectivity index (χ0v) is 15.5. The Hall–Kier alpha value is -2.67. The third-order valence-corrected chi connectivity index (χ3v) is 4.70. The van der Waals surface area contributed by atoms with Gasteiger partial charge in [-0.2, -0.15) is 10.2 Å². The van der Waals surface area contributed by atoms with Gasteiger partial charge in [0, 0.05) is 50.1 Å². The third kappa shape index (κ3) is 3.48. The zero-order valence-electron chi connectivity index (χ0n) is 15.5. The summed E-state index contributed by atoms with van der Waals surface area (Å²) >= 11 is 0. The molecule has 0 radical (unpaired) electrons. The van der Waals surface area contributed by atoms with Gasteiger partial charge in [0.1, 0.15) is 5.82 Å². The van der Waals surface area contributed by atoms with E-state index < -0.39 is 0 Å². The largest absolute Gasteiger partial charge is 0.370 e. The Morgan fingerprint density at radius 3 is 2.73 bits per heavy atom. The molecule has 0 fully saturated rings. The van der Waals surface area contributed by atoms with Crippen LogP contribution in [0.2, 0.25) is 0 Å². The first-order valence-electron chi connectivity index (χ1n) is 9.06. The van der Waals surface area contributed by atoms with E-state index in [-0.39, 0.29) is 0 Å². The first-order chi connectivity index (χ1) is 12.6. The number of pyridine rings is 1. The lowest BCUT2D eigenvalue weighted by molar-refractivity contribution is 0.390. The maximum atomic E-state index is 4.56. The topological polar surface area (TPSA) is 72.6 Å². The SMILES string of the molecule is Cc1cc2n(n1)CC(CNCc1ccc(-n3nc(C)cc3C)nc1)CN2. The van der Waals surface area contributed by atoms with Crippen molar-refractivity contribution in [3.8, 4) is 5.82 Å². The molecule has 4 heterocycles. The van der Waals surface area contributed by atoms with E-state index in [1.807, 2.05) is 37.7 Å². The predicted octanol–water partition coefficient (Wildman–Crippen LogP) is 2.22. The lowest BCUT2D eigenvalue weighted by atomic mass is 10.1. The van der Waals surface area contributed by atoms with E-state index in [1.165, 1.54) is 5.56 Å². The summed E-state index contributed by atoms with van der Waals surface area (Å²) < 4.78 is 3.94. The number of hydrogen-bond donors (Lipinski definition) is 2. The minimum atomic E-state index is 0.531. The van der Waals surface area contributed by atoms with Crippen LogP contribution in [0.3, 0.4) is 0 Å². The Kier molecular flexibility index (Phi) is 4.46. The summed E-state index contributed by atoms with van der Waals surface area (Å²) in [4.78, 5) is 4.56. The lowest BCUT2D eigenvalue weighted by Crippen LogP contribution is -2.35. The first kappa shape index (κ1) is 16.8. The van der Waals surface area contributed by atoms with Gasteiger partial charge in [0.25, 0.3) is 0 Å². The Morgan fingerprint density at radius 2 is 2.00 bits per heavy atom. The molecular weight excluding hydrogens is 326 g/mol. The lowest BCUT2D eigenvalue weighted by Gasteiger charge is -2.25. The summed E-state index contributed by atoms with van der Waals surface area (Å²) in [7, 11) is 0. The molecule has 7 heteroatoms. The standard InChI is InChI=1S/C19H25N7/c1-13-6-15(3)26(24-13)18-5-4-16(10-21-18)8-20-9-17-11-22-19-7-14(2)23-25(19)12-17/h4-7,10,17,20,22H,8-9,11-12H2,1-3H3. The van der Waals surface area contributed by atoms with Crippen molar-refractivity contribution >= 4 is 5.82 Å². The van der Waals surface area contributed by atoms with Crippen molar-refractivity contribution in [1.82, 2.24) is 29.9 Å². The monoisotopic (exact) mass is 351 g/mol. The van der Waals surface area contributed by atoms with Crippen LogP contribution in [0.4, 0.5) is 5.82 Å². The Balaban J connectivity index is 1.31. The van der Waals surface area contributed by atoms with Crippen LogP contribution in [-0.2, 0) is 13.1 Å². The van der Waals surface area contributed by atoms with Gasteiger partial charge in [-0.25, -0.2) is 14.3 Å². The molecule has 3 aromatic rings. The molecular formula is C19H25N7. The molecule has 0 aliphatic carbocycles. The Bertz CT molecular complexity index is 891. The van der Waals surface area contributed by atoms with Gasteiger partial charge in [-0.1, -0.05) is 6.07 Å². The van der Waals surface area contributed by atoms with Crippen LogP contribution >= 0.6 is 0 Å². The molecule has 7 nitrogen and oxygen atoms in total. The molecule has 1 aliphatic rings. The second-order valence-electron chi connectivity index (χ2n) is 7.09. The smallest absolute Gasteiger partial charge is 0.153 e. The van der Waals surface area contributed by atoms with Crippen molar-refractivity contribution in [3.05, 3.63) is 53.1 Å². The molecule has 0 saturated carbocycles.